The first kappa shape index (κ1) is 10.3. The molecule has 0 bridgehead atoms. The molecule has 0 rings (SSSR count). The molecule has 0 fully saturated rings. The Morgan fingerprint density at radius 2 is 2.45 bits per heavy atom. The van der Waals surface area contributed by atoms with E-state index in [1.807, 2.05) is 25.5 Å². The Kier molecular flexibility index (Phi) is 7.02. The third-order valence-electron chi connectivity index (χ3n) is 0.839. The summed E-state index contributed by atoms with van der Waals surface area (Å²) in [5.41, 5.74) is 0. The van der Waals surface area contributed by atoms with Crippen LogP contribution in [0.25, 0.3) is 0 Å². The standard InChI is InChI=1S/C9H13NS/c1-4-8-11-9(2)6-5-7-10-3/h4,8,10H,2,7H2,1,3H3/b8-4-. The smallest absolute Gasteiger partial charge is 0.0578 e. The van der Waals surface area contributed by atoms with Crippen molar-refractivity contribution in [1.29, 1.82) is 0 Å². The number of hydrogen-bond donors (Lipinski definition) is 1. The first-order valence-corrected chi connectivity index (χ1v) is 4.29. The molecule has 0 spiro atoms. The summed E-state index contributed by atoms with van der Waals surface area (Å²) in [7, 11) is 1.87. The molecule has 0 saturated carbocycles. The molecule has 1 nitrogen and oxygen atoms in total. The molecular formula is C9H13NS. The van der Waals surface area contributed by atoms with Crippen molar-refractivity contribution < 1.29 is 0 Å². The molecule has 0 radical (unpaired) electrons. The summed E-state index contributed by atoms with van der Waals surface area (Å²) in [6.07, 6.45) is 1.97. The van der Waals surface area contributed by atoms with Crippen LogP contribution in [0, 0.1) is 11.8 Å². The van der Waals surface area contributed by atoms with Crippen molar-refractivity contribution >= 4 is 11.8 Å². The van der Waals surface area contributed by atoms with Gasteiger partial charge in [-0.2, -0.15) is 0 Å². The predicted octanol–water partition coefficient (Wildman–Crippen LogP) is 1.99. The minimum Gasteiger partial charge on any atom is -0.309 e. The second kappa shape index (κ2) is 7.46. The molecule has 1 N–H and O–H groups in total. The number of nitrogens with one attached hydrogen (secondary N) is 1. The molecule has 60 valence electrons. The number of rotatable bonds is 3. The Balaban J connectivity index is 3.62. The van der Waals surface area contributed by atoms with Crippen molar-refractivity contribution in [2.24, 2.45) is 0 Å². The maximum atomic E-state index is 3.77. The van der Waals surface area contributed by atoms with Gasteiger partial charge in [0.05, 0.1) is 11.4 Å². The maximum Gasteiger partial charge on any atom is 0.0578 e. The van der Waals surface area contributed by atoms with Gasteiger partial charge in [0.25, 0.3) is 0 Å². The minimum atomic E-state index is 0.718. The normalized spacial score (nSPS) is 9.27. The van der Waals surface area contributed by atoms with Crippen molar-refractivity contribution in [3.05, 3.63) is 23.0 Å². The van der Waals surface area contributed by atoms with Crippen molar-refractivity contribution in [3.8, 4) is 11.8 Å². The monoisotopic (exact) mass is 167 g/mol. The zero-order valence-electron chi connectivity index (χ0n) is 6.98. The Morgan fingerprint density at radius 3 is 3.00 bits per heavy atom. The van der Waals surface area contributed by atoms with Crippen molar-refractivity contribution in [1.82, 2.24) is 5.32 Å². The molecule has 0 aliphatic heterocycles. The highest BCUT2D eigenvalue weighted by atomic mass is 32.2. The van der Waals surface area contributed by atoms with Crippen LogP contribution in [0.5, 0.6) is 0 Å². The van der Waals surface area contributed by atoms with E-state index in [9.17, 15) is 0 Å². The third-order valence-corrected chi connectivity index (χ3v) is 1.63. The van der Waals surface area contributed by atoms with Crippen LogP contribution in [0.2, 0.25) is 0 Å². The largest absolute Gasteiger partial charge is 0.309 e. The second-order valence-corrected chi connectivity index (χ2v) is 2.84. The van der Waals surface area contributed by atoms with E-state index in [1.54, 1.807) is 11.8 Å². The fraction of sp³-hybridized carbons (Fsp3) is 0.333. The van der Waals surface area contributed by atoms with Gasteiger partial charge < -0.3 is 5.32 Å². The molecule has 0 saturated heterocycles. The van der Waals surface area contributed by atoms with E-state index in [2.05, 4.69) is 23.7 Å². The summed E-state index contributed by atoms with van der Waals surface area (Å²) >= 11 is 1.55. The molecule has 0 unspecified atom stereocenters. The van der Waals surface area contributed by atoms with Gasteiger partial charge in [0, 0.05) is 0 Å². The fourth-order valence-electron chi connectivity index (χ4n) is 0.411. The quantitative estimate of drug-likeness (QED) is 0.645. The Bertz CT molecular complexity index is 195. The number of allylic oxidation sites excluding steroid dienone is 2. The molecule has 11 heavy (non-hydrogen) atoms. The van der Waals surface area contributed by atoms with Gasteiger partial charge in [-0.25, -0.2) is 0 Å². The van der Waals surface area contributed by atoms with Gasteiger partial charge in [-0.15, -0.1) is 0 Å². The van der Waals surface area contributed by atoms with Gasteiger partial charge in [0.1, 0.15) is 0 Å². The summed E-state index contributed by atoms with van der Waals surface area (Å²) < 4.78 is 0. The minimum absolute atomic E-state index is 0.718. The summed E-state index contributed by atoms with van der Waals surface area (Å²) in [4.78, 5) is 0.887. The molecule has 0 heterocycles. The third kappa shape index (κ3) is 7.24. The van der Waals surface area contributed by atoms with Gasteiger partial charge >= 0.3 is 0 Å². The highest BCUT2D eigenvalue weighted by Gasteiger charge is 1.81. The first-order chi connectivity index (χ1) is 5.31. The highest BCUT2D eigenvalue weighted by Crippen LogP contribution is 2.12. The van der Waals surface area contributed by atoms with Crippen LogP contribution in [-0.2, 0) is 0 Å². The van der Waals surface area contributed by atoms with Gasteiger partial charge in [0.2, 0.25) is 0 Å². The van der Waals surface area contributed by atoms with Gasteiger partial charge in [0.15, 0.2) is 0 Å². The summed E-state index contributed by atoms with van der Waals surface area (Å²) in [6, 6.07) is 0. The average Bonchev–Trinajstić information content (AvgIpc) is 2.01. The lowest BCUT2D eigenvalue weighted by atomic mass is 10.5. The van der Waals surface area contributed by atoms with E-state index in [0.717, 1.165) is 11.4 Å². The maximum absolute atomic E-state index is 3.77. The lowest BCUT2D eigenvalue weighted by molar-refractivity contribution is 0.938. The van der Waals surface area contributed by atoms with Crippen LogP contribution in [0.3, 0.4) is 0 Å². The molecular weight excluding hydrogens is 154 g/mol. The lowest BCUT2D eigenvalue weighted by Crippen LogP contribution is -2.04. The second-order valence-electron chi connectivity index (χ2n) is 1.84. The SMILES string of the molecule is C=C(C#CCNC)S/C=C\C. The molecule has 0 aromatic rings. The van der Waals surface area contributed by atoms with Crippen LogP contribution in [-0.4, -0.2) is 13.6 Å². The zero-order valence-corrected chi connectivity index (χ0v) is 7.79. The van der Waals surface area contributed by atoms with E-state index in [4.69, 9.17) is 0 Å². The van der Waals surface area contributed by atoms with Gasteiger partial charge in [-0.05, 0) is 19.4 Å². The Morgan fingerprint density at radius 1 is 1.73 bits per heavy atom. The summed E-state index contributed by atoms with van der Waals surface area (Å²) in [5.74, 6) is 5.85. The topological polar surface area (TPSA) is 12.0 Å². The summed E-state index contributed by atoms with van der Waals surface area (Å²) in [6.45, 7) is 6.47. The van der Waals surface area contributed by atoms with E-state index < -0.39 is 0 Å². The molecule has 2 heteroatoms. The van der Waals surface area contributed by atoms with Crippen molar-refractivity contribution in [2.45, 2.75) is 6.92 Å². The van der Waals surface area contributed by atoms with Crippen LogP contribution in [0.15, 0.2) is 23.0 Å². The fourth-order valence-corrected chi connectivity index (χ4v) is 0.842. The van der Waals surface area contributed by atoms with Gasteiger partial charge in [-0.3, -0.25) is 0 Å². The van der Waals surface area contributed by atoms with E-state index in [1.165, 1.54) is 0 Å². The number of hydrogen-bond acceptors (Lipinski definition) is 2. The van der Waals surface area contributed by atoms with Crippen LogP contribution >= 0.6 is 11.8 Å². The molecule has 0 aliphatic rings. The molecule has 0 amide bonds. The average molecular weight is 167 g/mol. The van der Waals surface area contributed by atoms with Gasteiger partial charge in [-0.1, -0.05) is 36.3 Å². The van der Waals surface area contributed by atoms with E-state index >= 15 is 0 Å². The van der Waals surface area contributed by atoms with E-state index in [0.29, 0.717) is 0 Å². The molecule has 0 atom stereocenters. The molecule has 0 aliphatic carbocycles. The van der Waals surface area contributed by atoms with Crippen molar-refractivity contribution in [3.63, 3.8) is 0 Å². The van der Waals surface area contributed by atoms with Crippen LogP contribution < -0.4 is 5.32 Å². The Labute approximate surface area is 73.0 Å². The van der Waals surface area contributed by atoms with E-state index in [-0.39, 0.29) is 0 Å². The van der Waals surface area contributed by atoms with Crippen LogP contribution in [0.4, 0.5) is 0 Å². The first-order valence-electron chi connectivity index (χ1n) is 3.41. The lowest BCUT2D eigenvalue weighted by Gasteiger charge is -1.87. The predicted molar refractivity (Wildman–Crippen MR) is 53.2 cm³/mol. The highest BCUT2D eigenvalue weighted by molar-refractivity contribution is 8.06. The Hall–Kier alpha value is -0.650. The number of thioether (sulfide) groups is 1. The van der Waals surface area contributed by atoms with Crippen LogP contribution in [0.1, 0.15) is 6.92 Å². The molecule has 0 aromatic heterocycles. The summed E-state index contributed by atoms with van der Waals surface area (Å²) in [5, 5.41) is 4.91. The van der Waals surface area contributed by atoms with Crippen molar-refractivity contribution in [2.75, 3.05) is 13.6 Å². The molecule has 0 aromatic carbocycles. The zero-order chi connectivity index (χ0) is 8.53.